The molecule has 9 heavy (non-hydrogen) atoms. The van der Waals surface area contributed by atoms with Gasteiger partial charge in [0.15, 0.2) is 4.69 Å². The van der Waals surface area contributed by atoms with Crippen LogP contribution >= 0.6 is 31.9 Å². The highest BCUT2D eigenvalue weighted by Crippen LogP contribution is 2.13. The van der Waals surface area contributed by atoms with Crippen molar-refractivity contribution >= 4 is 36.6 Å². The van der Waals surface area contributed by atoms with Crippen molar-refractivity contribution in [1.29, 1.82) is 0 Å². The van der Waals surface area contributed by atoms with E-state index in [1.165, 1.54) is 0 Å². The minimum absolute atomic E-state index is 0.0813. The predicted molar refractivity (Wildman–Crippen MR) is 46.2 cm³/mol. The molecule has 3 heteroatoms. The fourth-order valence-corrected chi connectivity index (χ4v) is 2.17. The molecule has 0 saturated carbocycles. The lowest BCUT2D eigenvalue weighted by Gasteiger charge is -2.02. The van der Waals surface area contributed by atoms with Crippen LogP contribution in [0, 0.1) is 0 Å². The number of alkyl halides is 1. The number of carbonyl (C=O) groups is 1. The van der Waals surface area contributed by atoms with Gasteiger partial charge in [0.25, 0.3) is 0 Å². The van der Waals surface area contributed by atoms with Gasteiger partial charge in [0.2, 0.25) is 0 Å². The molecule has 1 atom stereocenters. The quantitative estimate of drug-likeness (QED) is 0.559. The Hall–Kier alpha value is 0.630. The van der Waals surface area contributed by atoms with Gasteiger partial charge in [-0.2, -0.15) is 0 Å². The summed E-state index contributed by atoms with van der Waals surface area (Å²) in [6, 6.07) is 0. The zero-order valence-electron chi connectivity index (χ0n) is 5.36. The van der Waals surface area contributed by atoms with E-state index in [0.29, 0.717) is 11.2 Å². The average Bonchev–Trinajstić information content (AvgIpc) is 1.63. The summed E-state index contributed by atoms with van der Waals surface area (Å²) >= 11 is 6.26. The first kappa shape index (κ1) is 9.63. The SMILES string of the molecule is CCCC(Br)CC(=O)Br. The maximum absolute atomic E-state index is 10.4. The molecule has 0 fully saturated rings. The van der Waals surface area contributed by atoms with E-state index in [0.717, 1.165) is 12.8 Å². The predicted octanol–water partition coefficient (Wildman–Crippen LogP) is 2.86. The number of rotatable bonds is 4. The Morgan fingerprint density at radius 2 is 2.22 bits per heavy atom. The first-order valence-corrected chi connectivity index (χ1v) is 4.70. The highest BCUT2D eigenvalue weighted by Gasteiger charge is 2.05. The van der Waals surface area contributed by atoms with Crippen LogP contribution in [0.2, 0.25) is 0 Å². The zero-order chi connectivity index (χ0) is 7.28. The molecule has 0 aliphatic carbocycles. The van der Waals surface area contributed by atoms with Gasteiger partial charge < -0.3 is 0 Å². The van der Waals surface area contributed by atoms with Gasteiger partial charge in [-0.3, -0.25) is 4.79 Å². The third kappa shape index (κ3) is 6.52. The van der Waals surface area contributed by atoms with Gasteiger partial charge >= 0.3 is 0 Å². The van der Waals surface area contributed by atoms with Crippen LogP contribution in [0.4, 0.5) is 0 Å². The second-order valence-electron chi connectivity index (χ2n) is 1.95. The maximum atomic E-state index is 10.4. The van der Waals surface area contributed by atoms with Gasteiger partial charge in [-0.25, -0.2) is 0 Å². The summed E-state index contributed by atoms with van der Waals surface area (Å²) in [5.74, 6) is 0. The topological polar surface area (TPSA) is 17.1 Å². The van der Waals surface area contributed by atoms with Crippen molar-refractivity contribution in [3.8, 4) is 0 Å². The smallest absolute Gasteiger partial charge is 0.198 e. The first-order valence-electron chi connectivity index (χ1n) is 2.99. The van der Waals surface area contributed by atoms with Crippen LogP contribution in [0.3, 0.4) is 0 Å². The van der Waals surface area contributed by atoms with E-state index in [4.69, 9.17) is 0 Å². The Labute approximate surface area is 72.5 Å². The number of carbonyl (C=O) groups excluding carboxylic acids is 1. The van der Waals surface area contributed by atoms with Crippen LogP contribution < -0.4 is 0 Å². The van der Waals surface area contributed by atoms with Crippen LogP contribution in [0.15, 0.2) is 0 Å². The summed E-state index contributed by atoms with van der Waals surface area (Å²) in [6.07, 6.45) is 2.78. The molecule has 0 bridgehead atoms. The van der Waals surface area contributed by atoms with Crippen molar-refractivity contribution in [3.05, 3.63) is 0 Å². The van der Waals surface area contributed by atoms with E-state index >= 15 is 0 Å². The van der Waals surface area contributed by atoms with Crippen LogP contribution in [0.25, 0.3) is 0 Å². The summed E-state index contributed by atoms with van der Waals surface area (Å²) in [5.41, 5.74) is 0. The Morgan fingerprint density at radius 3 is 2.56 bits per heavy atom. The van der Waals surface area contributed by atoms with E-state index in [2.05, 4.69) is 38.8 Å². The lowest BCUT2D eigenvalue weighted by Crippen LogP contribution is -2.00. The number of halogens is 2. The molecule has 0 radical (unpaired) electrons. The number of hydrogen-bond acceptors (Lipinski definition) is 1. The van der Waals surface area contributed by atoms with E-state index in [1.54, 1.807) is 0 Å². The van der Waals surface area contributed by atoms with Crippen molar-refractivity contribution in [2.75, 3.05) is 0 Å². The van der Waals surface area contributed by atoms with Gasteiger partial charge in [0.1, 0.15) is 0 Å². The molecule has 0 amide bonds. The second-order valence-corrected chi connectivity index (χ2v) is 4.12. The second kappa shape index (κ2) is 5.42. The van der Waals surface area contributed by atoms with Crippen molar-refractivity contribution in [2.45, 2.75) is 31.0 Å². The van der Waals surface area contributed by atoms with E-state index in [1.807, 2.05) is 0 Å². The Kier molecular flexibility index (Phi) is 5.80. The molecule has 54 valence electrons. The molecule has 0 rings (SSSR count). The summed E-state index contributed by atoms with van der Waals surface area (Å²) in [5, 5.41) is 0. The molecule has 0 aromatic heterocycles. The van der Waals surface area contributed by atoms with Crippen LogP contribution in [0.1, 0.15) is 26.2 Å². The van der Waals surface area contributed by atoms with Crippen LogP contribution in [0.5, 0.6) is 0 Å². The lowest BCUT2D eigenvalue weighted by atomic mass is 10.2. The van der Waals surface area contributed by atoms with E-state index in [-0.39, 0.29) is 4.69 Å². The minimum Gasteiger partial charge on any atom is -0.287 e. The van der Waals surface area contributed by atoms with Crippen LogP contribution in [-0.4, -0.2) is 9.52 Å². The zero-order valence-corrected chi connectivity index (χ0v) is 8.53. The average molecular weight is 258 g/mol. The molecule has 0 aromatic carbocycles. The van der Waals surface area contributed by atoms with Gasteiger partial charge in [-0.1, -0.05) is 29.3 Å². The summed E-state index contributed by atoms with van der Waals surface area (Å²) in [4.78, 5) is 10.8. The van der Waals surface area contributed by atoms with Crippen molar-refractivity contribution in [1.82, 2.24) is 0 Å². The molecule has 0 spiro atoms. The summed E-state index contributed by atoms with van der Waals surface area (Å²) in [6.45, 7) is 2.10. The lowest BCUT2D eigenvalue weighted by molar-refractivity contribution is -0.110. The van der Waals surface area contributed by atoms with Gasteiger partial charge in [-0.05, 0) is 22.4 Å². The van der Waals surface area contributed by atoms with E-state index < -0.39 is 0 Å². The van der Waals surface area contributed by atoms with Crippen molar-refractivity contribution in [3.63, 3.8) is 0 Å². The van der Waals surface area contributed by atoms with Gasteiger partial charge in [-0.15, -0.1) is 0 Å². The molecule has 0 aliphatic heterocycles. The summed E-state index contributed by atoms with van der Waals surface area (Å²) in [7, 11) is 0. The van der Waals surface area contributed by atoms with E-state index in [9.17, 15) is 4.79 Å². The first-order chi connectivity index (χ1) is 4.16. The third-order valence-electron chi connectivity index (χ3n) is 0.984. The van der Waals surface area contributed by atoms with Gasteiger partial charge in [0.05, 0.1) is 0 Å². The molecule has 0 aliphatic rings. The monoisotopic (exact) mass is 256 g/mol. The third-order valence-corrected chi connectivity index (χ3v) is 2.09. The largest absolute Gasteiger partial charge is 0.287 e. The van der Waals surface area contributed by atoms with Crippen molar-refractivity contribution < 1.29 is 4.79 Å². The van der Waals surface area contributed by atoms with Gasteiger partial charge in [0, 0.05) is 11.2 Å². The molecule has 1 nitrogen and oxygen atoms in total. The fourth-order valence-electron chi connectivity index (χ4n) is 0.589. The molecule has 0 saturated heterocycles. The molecule has 0 heterocycles. The highest BCUT2D eigenvalue weighted by atomic mass is 79.9. The number of hydrogen-bond donors (Lipinski definition) is 0. The highest BCUT2D eigenvalue weighted by molar-refractivity contribution is 9.18. The normalized spacial score (nSPS) is 13.2. The molecular weight excluding hydrogens is 248 g/mol. The molecular formula is C6H10Br2O. The standard InChI is InChI=1S/C6H10Br2O/c1-2-3-5(7)4-6(8)9/h5H,2-4H2,1H3. The Bertz CT molecular complexity index is 93.1. The van der Waals surface area contributed by atoms with Crippen molar-refractivity contribution in [2.24, 2.45) is 0 Å². The molecule has 0 aromatic rings. The summed E-state index contributed by atoms with van der Waals surface area (Å²) < 4.78 is 0.0813. The molecule has 1 unspecified atom stereocenters. The Balaban J connectivity index is 3.26. The Morgan fingerprint density at radius 1 is 1.67 bits per heavy atom. The van der Waals surface area contributed by atoms with Crippen LogP contribution in [-0.2, 0) is 4.79 Å². The molecule has 0 N–H and O–H groups in total. The maximum Gasteiger partial charge on any atom is 0.198 e. The fraction of sp³-hybridized carbons (Fsp3) is 0.833. The minimum atomic E-state index is 0.0813.